The summed E-state index contributed by atoms with van der Waals surface area (Å²) in [5.41, 5.74) is -0.268. The van der Waals surface area contributed by atoms with E-state index >= 15 is 0 Å². The van der Waals surface area contributed by atoms with Gasteiger partial charge in [0, 0.05) is 12.3 Å². The van der Waals surface area contributed by atoms with Crippen molar-refractivity contribution in [1.29, 1.82) is 0 Å². The number of hydrogen-bond donors (Lipinski definition) is 1. The molecule has 0 saturated carbocycles. The van der Waals surface area contributed by atoms with Gasteiger partial charge in [-0.3, -0.25) is 4.79 Å². The van der Waals surface area contributed by atoms with E-state index in [-0.39, 0.29) is 46.3 Å². The van der Waals surface area contributed by atoms with Crippen LogP contribution in [0, 0.1) is 28.1 Å². The van der Waals surface area contributed by atoms with Gasteiger partial charge in [0.05, 0.1) is 6.10 Å². The molecule has 0 heterocycles. The van der Waals surface area contributed by atoms with Crippen LogP contribution in [-0.2, 0) is 9.53 Å². The van der Waals surface area contributed by atoms with Gasteiger partial charge in [-0.05, 0) is 35.5 Å². The van der Waals surface area contributed by atoms with Crippen molar-refractivity contribution in [3.05, 3.63) is 0 Å². The second kappa shape index (κ2) is 8.21. The first-order chi connectivity index (χ1) is 10.6. The van der Waals surface area contributed by atoms with Crippen LogP contribution in [0.1, 0.15) is 89.0 Å². The maximum Gasteiger partial charge on any atom is 0.302 e. The van der Waals surface area contributed by atoms with Crippen molar-refractivity contribution in [1.82, 2.24) is 0 Å². The van der Waals surface area contributed by atoms with Gasteiger partial charge in [-0.25, -0.2) is 0 Å². The lowest BCUT2D eigenvalue weighted by molar-refractivity contribution is -0.160. The fraction of sp³-hybridized carbons (Fsp3) is 0.952. The molecule has 1 N–H and O–H groups in total. The lowest BCUT2D eigenvalue weighted by atomic mass is 9.63. The summed E-state index contributed by atoms with van der Waals surface area (Å²) in [6, 6.07) is 0. The Labute approximate surface area is 150 Å². The van der Waals surface area contributed by atoms with Crippen LogP contribution in [0.2, 0.25) is 0 Å². The third-order valence-electron chi connectivity index (χ3n) is 6.11. The molecule has 0 aliphatic heterocycles. The van der Waals surface area contributed by atoms with Crippen molar-refractivity contribution in [3.8, 4) is 0 Å². The normalized spacial score (nSPS) is 18.7. The molecule has 4 atom stereocenters. The number of aliphatic hydroxyl groups is 1. The Balaban J connectivity index is 5.49. The molecule has 0 radical (unpaired) electrons. The van der Waals surface area contributed by atoms with Crippen LogP contribution in [0.5, 0.6) is 0 Å². The minimum Gasteiger partial charge on any atom is -0.462 e. The molecule has 3 nitrogen and oxygen atoms in total. The van der Waals surface area contributed by atoms with Crippen molar-refractivity contribution < 1.29 is 14.6 Å². The van der Waals surface area contributed by atoms with E-state index in [4.69, 9.17) is 4.74 Å². The maximum atomic E-state index is 11.6. The highest BCUT2D eigenvalue weighted by Gasteiger charge is 2.44. The van der Waals surface area contributed by atoms with Crippen molar-refractivity contribution in [2.75, 3.05) is 0 Å². The van der Waals surface area contributed by atoms with Gasteiger partial charge in [0.1, 0.15) is 6.10 Å². The zero-order valence-corrected chi connectivity index (χ0v) is 18.0. The quantitative estimate of drug-likeness (QED) is 0.597. The summed E-state index contributed by atoms with van der Waals surface area (Å²) in [5, 5.41) is 10.9. The van der Waals surface area contributed by atoms with E-state index < -0.39 is 0 Å². The molecule has 0 aromatic rings. The summed E-state index contributed by atoms with van der Waals surface area (Å²) in [4.78, 5) is 11.6. The molecule has 0 fully saturated rings. The molecule has 0 amide bonds. The summed E-state index contributed by atoms with van der Waals surface area (Å²) < 4.78 is 5.73. The highest BCUT2D eigenvalue weighted by molar-refractivity contribution is 5.66. The number of carbonyl (C=O) groups is 1. The summed E-state index contributed by atoms with van der Waals surface area (Å²) in [5.74, 6) is 0.101. The molecule has 0 aliphatic carbocycles. The van der Waals surface area contributed by atoms with Crippen LogP contribution >= 0.6 is 0 Å². The smallest absolute Gasteiger partial charge is 0.302 e. The maximum absolute atomic E-state index is 11.6. The number of ether oxygens (including phenoxy) is 1. The van der Waals surface area contributed by atoms with Gasteiger partial charge in [-0.1, -0.05) is 69.2 Å². The number of hydrogen-bond acceptors (Lipinski definition) is 3. The van der Waals surface area contributed by atoms with Gasteiger partial charge in [0.15, 0.2) is 0 Å². The molecule has 24 heavy (non-hydrogen) atoms. The van der Waals surface area contributed by atoms with Crippen LogP contribution in [0.15, 0.2) is 0 Å². The van der Waals surface area contributed by atoms with Crippen molar-refractivity contribution in [2.45, 2.75) is 101 Å². The molecule has 3 heteroatoms. The Kier molecular flexibility index (Phi) is 8.01. The number of carbonyl (C=O) groups excluding carboxylic acids is 1. The first-order valence-electron chi connectivity index (χ1n) is 9.41. The van der Waals surface area contributed by atoms with Gasteiger partial charge in [0.25, 0.3) is 0 Å². The second-order valence-corrected chi connectivity index (χ2v) is 10.1. The molecule has 0 spiro atoms. The van der Waals surface area contributed by atoms with Crippen molar-refractivity contribution in [3.63, 3.8) is 0 Å². The van der Waals surface area contributed by atoms with Gasteiger partial charge < -0.3 is 9.84 Å². The van der Waals surface area contributed by atoms with Gasteiger partial charge in [-0.15, -0.1) is 0 Å². The molecule has 4 unspecified atom stereocenters. The first-order valence-corrected chi connectivity index (χ1v) is 9.41. The Morgan fingerprint density at radius 2 is 1.50 bits per heavy atom. The fourth-order valence-corrected chi connectivity index (χ4v) is 3.38. The van der Waals surface area contributed by atoms with Crippen LogP contribution in [0.4, 0.5) is 0 Å². The number of esters is 1. The summed E-state index contributed by atoms with van der Waals surface area (Å²) in [7, 11) is 0. The SMILES string of the molecule is CCC(C)(C)C(O)C(C)C(C)C(C)(C)C(CC(C)(C)C)OC(C)=O. The highest BCUT2D eigenvalue weighted by atomic mass is 16.5. The molecule has 0 aromatic carbocycles. The highest BCUT2D eigenvalue weighted by Crippen LogP contribution is 2.44. The van der Waals surface area contributed by atoms with Crippen LogP contribution < -0.4 is 0 Å². The second-order valence-electron chi connectivity index (χ2n) is 10.1. The van der Waals surface area contributed by atoms with E-state index in [1.165, 1.54) is 6.92 Å². The Morgan fingerprint density at radius 3 is 1.83 bits per heavy atom. The Morgan fingerprint density at radius 1 is 1.04 bits per heavy atom. The summed E-state index contributed by atoms with van der Waals surface area (Å²) in [6.07, 6.45) is 1.19. The first kappa shape index (κ1) is 23.4. The van der Waals surface area contributed by atoms with Gasteiger partial charge in [-0.2, -0.15) is 0 Å². The zero-order chi connectivity index (χ0) is 19.5. The van der Waals surface area contributed by atoms with Gasteiger partial charge >= 0.3 is 5.97 Å². The average Bonchev–Trinajstić information content (AvgIpc) is 2.42. The van der Waals surface area contributed by atoms with Gasteiger partial charge in [0.2, 0.25) is 0 Å². The molecule has 0 saturated heterocycles. The topological polar surface area (TPSA) is 46.5 Å². The molecule has 0 bridgehead atoms. The molecular formula is C21H42O3. The average molecular weight is 343 g/mol. The van der Waals surface area contributed by atoms with Crippen molar-refractivity contribution in [2.24, 2.45) is 28.1 Å². The molecule has 0 rings (SSSR count). The van der Waals surface area contributed by atoms with Crippen molar-refractivity contribution >= 4 is 5.97 Å². The Bertz CT molecular complexity index is 404. The number of rotatable bonds is 8. The zero-order valence-electron chi connectivity index (χ0n) is 18.0. The molecule has 0 aromatic heterocycles. The van der Waals surface area contributed by atoms with E-state index in [0.29, 0.717) is 0 Å². The monoisotopic (exact) mass is 342 g/mol. The fourth-order valence-electron chi connectivity index (χ4n) is 3.38. The minimum absolute atomic E-state index is 0.0711. The third-order valence-corrected chi connectivity index (χ3v) is 6.11. The lowest BCUT2D eigenvalue weighted by Crippen LogP contribution is -2.47. The van der Waals surface area contributed by atoms with Crippen LogP contribution in [-0.4, -0.2) is 23.3 Å². The molecule has 0 aliphatic rings. The van der Waals surface area contributed by atoms with E-state index in [1.807, 2.05) is 0 Å². The number of aliphatic hydroxyl groups excluding tert-OH is 1. The van der Waals surface area contributed by atoms with Crippen LogP contribution in [0.3, 0.4) is 0 Å². The molecule has 144 valence electrons. The van der Waals surface area contributed by atoms with E-state index in [1.54, 1.807) is 0 Å². The molecular weight excluding hydrogens is 300 g/mol. The largest absolute Gasteiger partial charge is 0.462 e. The standard InChI is InChI=1S/C21H42O3/c1-12-20(8,9)18(23)14(2)15(3)21(10,11)17(24-16(4)22)13-19(5,6)7/h14-15,17-18,23H,12-13H2,1-11H3. The van der Waals surface area contributed by atoms with E-state index in [2.05, 4.69) is 69.2 Å². The Hall–Kier alpha value is -0.570. The summed E-state index contributed by atoms with van der Waals surface area (Å²) >= 11 is 0. The third kappa shape index (κ3) is 6.38. The minimum atomic E-state index is -0.385. The predicted molar refractivity (Wildman–Crippen MR) is 102 cm³/mol. The summed E-state index contributed by atoms with van der Waals surface area (Å²) in [6.45, 7) is 23.0. The lowest BCUT2D eigenvalue weighted by Gasteiger charge is -2.46. The predicted octanol–water partition coefficient (Wildman–Crippen LogP) is 5.45. The van der Waals surface area contributed by atoms with Crippen LogP contribution in [0.25, 0.3) is 0 Å². The van der Waals surface area contributed by atoms with E-state index in [0.717, 1.165) is 12.8 Å². The van der Waals surface area contributed by atoms with E-state index in [9.17, 15) is 9.90 Å².